The molecule has 1 heterocycles. The lowest BCUT2D eigenvalue weighted by Gasteiger charge is -2.30. The molecule has 0 amide bonds. The van der Waals surface area contributed by atoms with Gasteiger partial charge < -0.3 is 0 Å². The zero-order chi connectivity index (χ0) is 18.3. The van der Waals surface area contributed by atoms with Gasteiger partial charge in [0, 0.05) is 11.3 Å². The van der Waals surface area contributed by atoms with Gasteiger partial charge in [-0.05, 0) is 32.9 Å². The minimum Gasteiger partial charge on any atom is -0.287 e. The van der Waals surface area contributed by atoms with E-state index in [0.717, 1.165) is 0 Å². The molecule has 0 radical (unpaired) electrons. The number of nitriles is 1. The molecule has 0 saturated heterocycles. The van der Waals surface area contributed by atoms with Crippen LogP contribution in [-0.4, -0.2) is 18.2 Å². The smallest absolute Gasteiger partial charge is 0.287 e. The van der Waals surface area contributed by atoms with Crippen LogP contribution in [0.5, 0.6) is 0 Å². The first kappa shape index (κ1) is 19.3. The second-order valence-corrected chi connectivity index (χ2v) is 6.79. The normalized spacial score (nSPS) is 13.8. The number of phosphoric ester groups is 1. The molecule has 25 heavy (non-hydrogen) atoms. The van der Waals surface area contributed by atoms with Gasteiger partial charge in [0.1, 0.15) is 6.07 Å². The Labute approximate surface area is 148 Å². The van der Waals surface area contributed by atoms with Crippen LogP contribution in [0.25, 0.3) is 0 Å². The van der Waals surface area contributed by atoms with Crippen molar-refractivity contribution in [2.45, 2.75) is 26.4 Å². The largest absolute Gasteiger partial charge is 0.476 e. The number of rotatable bonds is 8. The van der Waals surface area contributed by atoms with Crippen molar-refractivity contribution in [3.63, 3.8) is 0 Å². The fraction of sp³-hybridized carbons (Fsp3) is 0.333. The Morgan fingerprint density at radius 1 is 1.08 bits per heavy atom. The van der Waals surface area contributed by atoms with E-state index < -0.39 is 13.4 Å². The highest BCUT2D eigenvalue weighted by atomic mass is 31.2. The van der Waals surface area contributed by atoms with Gasteiger partial charge in [-0.25, -0.2) is 4.57 Å². The molecule has 1 unspecified atom stereocenters. The molecule has 6 nitrogen and oxygen atoms in total. The summed E-state index contributed by atoms with van der Waals surface area (Å²) in [4.78, 5) is 4.42. The van der Waals surface area contributed by atoms with E-state index in [4.69, 9.17) is 13.6 Å². The fourth-order valence-corrected chi connectivity index (χ4v) is 3.76. The van der Waals surface area contributed by atoms with Gasteiger partial charge in [-0.3, -0.25) is 18.6 Å². The summed E-state index contributed by atoms with van der Waals surface area (Å²) >= 11 is 0. The lowest BCUT2D eigenvalue weighted by Crippen LogP contribution is -2.30. The maximum atomic E-state index is 13.0. The summed E-state index contributed by atoms with van der Waals surface area (Å²) in [7, 11) is -3.97. The highest BCUT2D eigenvalue weighted by Gasteiger charge is 2.46. The average molecular weight is 360 g/mol. The van der Waals surface area contributed by atoms with Crippen LogP contribution < -0.4 is 0 Å². The van der Waals surface area contributed by atoms with Crippen molar-refractivity contribution in [2.75, 3.05) is 13.2 Å². The highest BCUT2D eigenvalue weighted by molar-refractivity contribution is 7.48. The third-order valence-corrected chi connectivity index (χ3v) is 5.06. The summed E-state index contributed by atoms with van der Waals surface area (Å²) in [6.45, 7) is 5.40. The lowest BCUT2D eigenvalue weighted by atomic mass is 9.91. The molecule has 1 aromatic heterocycles. The van der Waals surface area contributed by atoms with E-state index >= 15 is 0 Å². The standard InChI is InChI=1S/C18H21N2O4P/c1-4-22-25(21,23-5-2)24-18(14-19,16-11-7-6-8-12-16)17-13-9-10-15(3)20-17/h6-13H,4-5H2,1-3H3. The monoisotopic (exact) mass is 360 g/mol. The molecular weight excluding hydrogens is 339 g/mol. The molecular formula is C18H21N2O4P. The summed E-state index contributed by atoms with van der Waals surface area (Å²) < 4.78 is 29.2. The summed E-state index contributed by atoms with van der Waals surface area (Å²) in [5.74, 6) is 0. The van der Waals surface area contributed by atoms with Crippen LogP contribution in [0.15, 0.2) is 48.5 Å². The summed E-state index contributed by atoms with van der Waals surface area (Å²) in [5.41, 5.74) is -0.192. The van der Waals surface area contributed by atoms with Crippen molar-refractivity contribution in [1.82, 2.24) is 4.98 Å². The zero-order valence-corrected chi connectivity index (χ0v) is 15.4. The van der Waals surface area contributed by atoms with Gasteiger partial charge in [0.2, 0.25) is 5.60 Å². The predicted octanol–water partition coefficient (Wildman–Crippen LogP) is 4.35. The lowest BCUT2D eigenvalue weighted by molar-refractivity contribution is 0.0644. The van der Waals surface area contributed by atoms with Crippen LogP contribution in [0.4, 0.5) is 0 Å². The Balaban J connectivity index is 2.64. The van der Waals surface area contributed by atoms with Gasteiger partial charge in [-0.15, -0.1) is 0 Å². The quantitative estimate of drug-likeness (QED) is 0.651. The Hall–Kier alpha value is -2.03. The van der Waals surface area contributed by atoms with E-state index in [9.17, 15) is 9.83 Å². The van der Waals surface area contributed by atoms with E-state index in [1.165, 1.54) is 0 Å². The van der Waals surface area contributed by atoms with Crippen LogP contribution in [0, 0.1) is 18.3 Å². The Morgan fingerprint density at radius 3 is 2.24 bits per heavy atom. The molecule has 0 fully saturated rings. The summed E-state index contributed by atoms with van der Waals surface area (Å²) in [6.07, 6.45) is 0. The number of pyridine rings is 1. The number of hydrogen-bond acceptors (Lipinski definition) is 6. The van der Waals surface area contributed by atoms with Gasteiger partial charge in [-0.1, -0.05) is 36.4 Å². The molecule has 1 aromatic carbocycles. The number of benzene rings is 1. The van der Waals surface area contributed by atoms with Crippen molar-refractivity contribution in [2.24, 2.45) is 0 Å². The van der Waals surface area contributed by atoms with E-state index in [-0.39, 0.29) is 13.2 Å². The Kier molecular flexibility index (Phi) is 6.46. The van der Waals surface area contributed by atoms with Crippen molar-refractivity contribution in [1.29, 1.82) is 5.26 Å². The summed E-state index contributed by atoms with van der Waals surface area (Å²) in [5, 5.41) is 10.0. The van der Waals surface area contributed by atoms with Gasteiger partial charge in [0.15, 0.2) is 0 Å². The summed E-state index contributed by atoms with van der Waals surface area (Å²) in [6, 6.07) is 16.2. The molecule has 0 aliphatic carbocycles. The third kappa shape index (κ3) is 4.33. The first-order chi connectivity index (χ1) is 12.0. The van der Waals surface area contributed by atoms with E-state index in [1.807, 2.05) is 6.07 Å². The first-order valence-electron chi connectivity index (χ1n) is 8.00. The van der Waals surface area contributed by atoms with Gasteiger partial charge >= 0.3 is 7.82 Å². The predicted molar refractivity (Wildman–Crippen MR) is 93.8 cm³/mol. The van der Waals surface area contributed by atoms with Crippen LogP contribution in [0.2, 0.25) is 0 Å². The first-order valence-corrected chi connectivity index (χ1v) is 9.46. The second kappa shape index (κ2) is 8.37. The molecule has 0 bridgehead atoms. The number of nitrogens with zero attached hydrogens (tertiary/aromatic N) is 2. The van der Waals surface area contributed by atoms with Crippen molar-refractivity contribution >= 4 is 7.82 Å². The Morgan fingerprint density at radius 2 is 1.72 bits per heavy atom. The number of aromatic nitrogens is 1. The zero-order valence-electron chi connectivity index (χ0n) is 14.5. The highest BCUT2D eigenvalue weighted by Crippen LogP contribution is 2.56. The maximum absolute atomic E-state index is 13.0. The SMILES string of the molecule is CCOP(=O)(OCC)OC(C#N)(c1ccccc1)c1cccc(C)n1. The van der Waals surface area contributed by atoms with Crippen LogP contribution in [0.1, 0.15) is 30.8 Å². The third-order valence-electron chi connectivity index (χ3n) is 3.41. The molecule has 0 aliphatic rings. The minimum absolute atomic E-state index is 0.120. The molecule has 132 valence electrons. The van der Waals surface area contributed by atoms with Crippen molar-refractivity contribution in [3.8, 4) is 6.07 Å². The van der Waals surface area contributed by atoms with Crippen LogP contribution >= 0.6 is 7.82 Å². The van der Waals surface area contributed by atoms with E-state index in [0.29, 0.717) is 17.0 Å². The number of aryl methyl sites for hydroxylation is 1. The van der Waals surface area contributed by atoms with Crippen LogP contribution in [0.3, 0.4) is 0 Å². The van der Waals surface area contributed by atoms with Gasteiger partial charge in [0.25, 0.3) is 0 Å². The molecule has 2 aromatic rings. The van der Waals surface area contributed by atoms with Crippen molar-refractivity contribution in [3.05, 3.63) is 65.5 Å². The molecule has 7 heteroatoms. The van der Waals surface area contributed by atoms with Crippen molar-refractivity contribution < 1.29 is 18.1 Å². The fourth-order valence-electron chi connectivity index (χ4n) is 2.38. The van der Waals surface area contributed by atoms with E-state index in [2.05, 4.69) is 11.1 Å². The molecule has 0 saturated carbocycles. The average Bonchev–Trinajstić information content (AvgIpc) is 2.61. The second-order valence-electron chi connectivity index (χ2n) is 5.20. The minimum atomic E-state index is -3.97. The molecule has 2 rings (SSSR count). The molecule has 0 aliphatic heterocycles. The Bertz CT molecular complexity index is 781. The molecule has 1 atom stereocenters. The van der Waals surface area contributed by atoms with Gasteiger partial charge in [0.05, 0.1) is 18.9 Å². The van der Waals surface area contributed by atoms with Gasteiger partial charge in [-0.2, -0.15) is 5.26 Å². The number of phosphoric acid groups is 1. The number of hydrogen-bond donors (Lipinski definition) is 0. The molecule has 0 spiro atoms. The molecule has 0 N–H and O–H groups in total. The van der Waals surface area contributed by atoms with E-state index in [1.54, 1.807) is 63.2 Å². The topological polar surface area (TPSA) is 81.4 Å². The van der Waals surface area contributed by atoms with Crippen LogP contribution in [-0.2, 0) is 23.7 Å². The maximum Gasteiger partial charge on any atom is 0.476 e.